The van der Waals surface area contributed by atoms with Gasteiger partial charge in [0.2, 0.25) is 0 Å². The molecule has 0 unspecified atom stereocenters. The lowest BCUT2D eigenvalue weighted by molar-refractivity contribution is -0.137. The number of ketones is 1. The van der Waals surface area contributed by atoms with Crippen LogP contribution in [-0.4, -0.2) is 12.4 Å². The molecule has 0 aromatic heterocycles. The van der Waals surface area contributed by atoms with Crippen LogP contribution in [0, 0.1) is 0 Å². The van der Waals surface area contributed by atoms with Gasteiger partial charge in [0, 0.05) is 5.56 Å². The normalized spacial score (nSPS) is 11.7. The van der Waals surface area contributed by atoms with Crippen molar-refractivity contribution in [1.82, 2.24) is 0 Å². The molecule has 0 heterocycles. The third-order valence-electron chi connectivity index (χ3n) is 3.12. The fourth-order valence-corrected chi connectivity index (χ4v) is 1.93. The lowest BCUT2D eigenvalue weighted by Crippen LogP contribution is -2.05. The van der Waals surface area contributed by atoms with Crippen molar-refractivity contribution in [1.29, 1.82) is 0 Å². The van der Waals surface area contributed by atoms with Crippen molar-refractivity contribution in [3.63, 3.8) is 0 Å². The highest BCUT2D eigenvalue weighted by Gasteiger charge is 2.30. The number of hydrogen-bond donors (Lipinski definition) is 0. The molecule has 5 heteroatoms. The molecule has 0 radical (unpaired) electrons. The van der Waals surface area contributed by atoms with Crippen LogP contribution in [0.3, 0.4) is 0 Å². The van der Waals surface area contributed by atoms with Gasteiger partial charge in [-0.3, -0.25) is 4.79 Å². The van der Waals surface area contributed by atoms with E-state index >= 15 is 0 Å². The van der Waals surface area contributed by atoms with Crippen LogP contribution in [0.25, 0.3) is 6.08 Å². The van der Waals surface area contributed by atoms with Crippen molar-refractivity contribution in [2.45, 2.75) is 13.1 Å². The molecule has 2 aromatic rings. The molecule has 0 N–H and O–H groups in total. The number of carbonyl (C=O) groups excluding carboxylic acids is 1. The number of rotatable bonds is 5. The molecule has 23 heavy (non-hydrogen) atoms. The van der Waals surface area contributed by atoms with E-state index in [1.165, 1.54) is 18.2 Å². The van der Waals surface area contributed by atoms with E-state index in [1.807, 2.05) is 6.92 Å². The first-order chi connectivity index (χ1) is 10.9. The highest BCUT2D eigenvalue weighted by atomic mass is 19.4. The molecule has 0 bridgehead atoms. The van der Waals surface area contributed by atoms with Crippen molar-refractivity contribution in [3.05, 3.63) is 71.3 Å². The van der Waals surface area contributed by atoms with E-state index < -0.39 is 11.7 Å². The van der Waals surface area contributed by atoms with Crippen molar-refractivity contribution >= 4 is 11.9 Å². The highest BCUT2D eigenvalue weighted by molar-refractivity contribution is 6.06. The number of allylic oxidation sites excluding steroid dienone is 1. The lowest BCUT2D eigenvalue weighted by atomic mass is 10.1. The summed E-state index contributed by atoms with van der Waals surface area (Å²) in [7, 11) is 0. The van der Waals surface area contributed by atoms with E-state index in [0.29, 0.717) is 6.61 Å². The van der Waals surface area contributed by atoms with Gasteiger partial charge in [0.25, 0.3) is 0 Å². The van der Waals surface area contributed by atoms with Crippen LogP contribution in [-0.2, 0) is 6.18 Å². The van der Waals surface area contributed by atoms with Gasteiger partial charge >= 0.3 is 6.18 Å². The van der Waals surface area contributed by atoms with E-state index in [0.717, 1.165) is 23.4 Å². The fraction of sp³-hybridized carbons (Fsp3) is 0.167. The Balaban J connectivity index is 2.06. The van der Waals surface area contributed by atoms with Gasteiger partial charge in [0.15, 0.2) is 5.78 Å². The third kappa shape index (κ3) is 4.71. The Morgan fingerprint density at radius 1 is 1.04 bits per heavy atom. The van der Waals surface area contributed by atoms with Gasteiger partial charge < -0.3 is 4.74 Å². The molecule has 0 aliphatic rings. The van der Waals surface area contributed by atoms with Gasteiger partial charge in [-0.1, -0.05) is 30.3 Å². The Kier molecular flexibility index (Phi) is 5.21. The maximum absolute atomic E-state index is 12.5. The second-order valence-corrected chi connectivity index (χ2v) is 4.77. The van der Waals surface area contributed by atoms with E-state index in [2.05, 4.69) is 0 Å². The second-order valence-electron chi connectivity index (χ2n) is 4.77. The third-order valence-corrected chi connectivity index (χ3v) is 3.12. The van der Waals surface area contributed by atoms with Crippen LogP contribution >= 0.6 is 0 Å². The molecule has 0 aliphatic carbocycles. The van der Waals surface area contributed by atoms with Crippen molar-refractivity contribution < 1.29 is 22.7 Å². The van der Waals surface area contributed by atoms with Gasteiger partial charge in [-0.25, -0.2) is 0 Å². The minimum absolute atomic E-state index is 0.209. The predicted octanol–water partition coefficient (Wildman–Crippen LogP) is 5.00. The first-order valence-electron chi connectivity index (χ1n) is 7.02. The quantitative estimate of drug-likeness (QED) is 0.572. The maximum atomic E-state index is 12.5. The monoisotopic (exact) mass is 320 g/mol. The van der Waals surface area contributed by atoms with Crippen molar-refractivity contribution in [3.8, 4) is 5.75 Å². The maximum Gasteiger partial charge on any atom is 0.416 e. The molecule has 0 spiro atoms. The van der Waals surface area contributed by atoms with Crippen LogP contribution in [0.4, 0.5) is 13.2 Å². The standard InChI is InChI=1S/C18H15F3O2/c1-2-23-16-10-3-13(4-11-16)5-12-17(22)14-6-8-15(9-7-14)18(19,20)21/h3-12H,2H2,1H3/b12-5+. The first-order valence-corrected chi connectivity index (χ1v) is 7.02. The molecule has 0 saturated heterocycles. The summed E-state index contributed by atoms with van der Waals surface area (Å²) in [6.07, 6.45) is -1.46. The van der Waals surface area contributed by atoms with Gasteiger partial charge in [-0.15, -0.1) is 0 Å². The van der Waals surface area contributed by atoms with Crippen molar-refractivity contribution in [2.75, 3.05) is 6.61 Å². The Hall–Kier alpha value is -2.56. The number of ether oxygens (including phenoxy) is 1. The average molecular weight is 320 g/mol. The number of alkyl halides is 3. The summed E-state index contributed by atoms with van der Waals surface area (Å²) in [5, 5.41) is 0. The molecule has 120 valence electrons. The summed E-state index contributed by atoms with van der Waals surface area (Å²) in [5.74, 6) is 0.381. The zero-order valence-electron chi connectivity index (χ0n) is 12.4. The number of halogens is 3. The van der Waals surface area contributed by atoms with E-state index in [9.17, 15) is 18.0 Å². The largest absolute Gasteiger partial charge is 0.494 e. The van der Waals surface area contributed by atoms with Gasteiger partial charge in [0.05, 0.1) is 12.2 Å². The highest BCUT2D eigenvalue weighted by Crippen LogP contribution is 2.29. The Morgan fingerprint density at radius 3 is 2.17 bits per heavy atom. The van der Waals surface area contributed by atoms with E-state index in [1.54, 1.807) is 30.3 Å². The van der Waals surface area contributed by atoms with Crippen LogP contribution < -0.4 is 4.74 Å². The number of benzene rings is 2. The molecular formula is C18H15F3O2. The minimum Gasteiger partial charge on any atom is -0.494 e. The molecule has 0 aliphatic heterocycles. The molecule has 0 amide bonds. The van der Waals surface area contributed by atoms with Crippen LogP contribution in [0.15, 0.2) is 54.6 Å². The number of carbonyl (C=O) groups is 1. The van der Waals surface area contributed by atoms with E-state index in [-0.39, 0.29) is 11.3 Å². The zero-order chi connectivity index (χ0) is 16.9. The molecule has 2 rings (SSSR count). The van der Waals surface area contributed by atoms with E-state index in [4.69, 9.17) is 4.74 Å². The summed E-state index contributed by atoms with van der Waals surface area (Å²) in [6.45, 7) is 2.46. The molecule has 2 nitrogen and oxygen atoms in total. The Bertz CT molecular complexity index is 684. The van der Waals surface area contributed by atoms with Gasteiger partial charge in [-0.05, 0) is 42.8 Å². The molecule has 0 fully saturated rings. The Morgan fingerprint density at radius 2 is 1.65 bits per heavy atom. The summed E-state index contributed by atoms with van der Waals surface area (Å²) in [6, 6.07) is 11.3. The second kappa shape index (κ2) is 7.13. The molecule has 0 atom stereocenters. The lowest BCUT2D eigenvalue weighted by Gasteiger charge is -2.06. The summed E-state index contributed by atoms with van der Waals surface area (Å²) < 4.78 is 42.7. The predicted molar refractivity (Wildman–Crippen MR) is 82.4 cm³/mol. The molecule has 2 aromatic carbocycles. The van der Waals surface area contributed by atoms with Gasteiger partial charge in [-0.2, -0.15) is 13.2 Å². The zero-order valence-corrected chi connectivity index (χ0v) is 12.4. The fourth-order valence-electron chi connectivity index (χ4n) is 1.93. The van der Waals surface area contributed by atoms with Crippen LogP contribution in [0.2, 0.25) is 0 Å². The van der Waals surface area contributed by atoms with Crippen LogP contribution in [0.1, 0.15) is 28.4 Å². The van der Waals surface area contributed by atoms with Gasteiger partial charge in [0.1, 0.15) is 5.75 Å². The SMILES string of the molecule is CCOc1ccc(/C=C/C(=O)c2ccc(C(F)(F)F)cc2)cc1. The minimum atomic E-state index is -4.40. The average Bonchev–Trinajstić information content (AvgIpc) is 2.53. The topological polar surface area (TPSA) is 26.3 Å². The summed E-state index contributed by atoms with van der Waals surface area (Å²) >= 11 is 0. The summed E-state index contributed by atoms with van der Waals surface area (Å²) in [4.78, 5) is 12.0. The first kappa shape index (κ1) is 16.8. The van der Waals surface area contributed by atoms with Crippen molar-refractivity contribution in [2.24, 2.45) is 0 Å². The Labute approximate surface area is 132 Å². The smallest absolute Gasteiger partial charge is 0.416 e. The summed E-state index contributed by atoms with van der Waals surface area (Å²) in [5.41, 5.74) is 0.235. The molecule has 0 saturated carbocycles. The molecular weight excluding hydrogens is 305 g/mol. The number of hydrogen-bond acceptors (Lipinski definition) is 2. The van der Waals surface area contributed by atoms with Crippen LogP contribution in [0.5, 0.6) is 5.75 Å².